The van der Waals surface area contributed by atoms with Crippen molar-refractivity contribution < 1.29 is 20.4 Å². The average molecular weight is 274 g/mol. The number of benzene rings is 2. The van der Waals surface area contributed by atoms with Crippen molar-refractivity contribution in [3.63, 3.8) is 0 Å². The number of phenolic OH excluding ortho intramolecular Hbond substituents is 4. The minimum atomic E-state index is -0.538. The first-order chi connectivity index (χ1) is 9.32. The number of hydrogen-bond donors (Lipinski definition) is 4. The molecule has 0 amide bonds. The largest absolute Gasteiger partial charge is 0.507 e. The lowest BCUT2D eigenvalue weighted by molar-refractivity contribution is 0.365. The zero-order chi connectivity index (χ0) is 15.0. The number of rotatable bonds is 2. The second-order valence-corrected chi connectivity index (χ2v) is 5.08. The Morgan fingerprint density at radius 1 is 0.800 bits per heavy atom. The van der Waals surface area contributed by atoms with Crippen molar-refractivity contribution in [1.29, 1.82) is 0 Å². The molecule has 0 saturated heterocycles. The van der Waals surface area contributed by atoms with Crippen molar-refractivity contribution in [2.45, 2.75) is 27.2 Å². The van der Waals surface area contributed by atoms with Crippen LogP contribution in [0.3, 0.4) is 0 Å². The van der Waals surface area contributed by atoms with Gasteiger partial charge in [0.15, 0.2) is 11.5 Å². The molecule has 2 rings (SSSR count). The van der Waals surface area contributed by atoms with Gasteiger partial charge in [-0.15, -0.1) is 0 Å². The lowest BCUT2D eigenvalue weighted by atomic mass is 9.93. The van der Waals surface area contributed by atoms with Crippen molar-refractivity contribution in [2.24, 2.45) is 0 Å². The Hall–Kier alpha value is -2.36. The van der Waals surface area contributed by atoms with Gasteiger partial charge in [-0.05, 0) is 43.5 Å². The quantitative estimate of drug-likeness (QED) is 0.634. The summed E-state index contributed by atoms with van der Waals surface area (Å²) in [6, 6.07) is 4.75. The SMILES string of the molecule is Cc1cc(C)c(O)c(Cc2ccc(O)c(O)c2O)c1C. The third kappa shape index (κ3) is 2.25. The van der Waals surface area contributed by atoms with Crippen LogP contribution in [0, 0.1) is 20.8 Å². The van der Waals surface area contributed by atoms with E-state index in [4.69, 9.17) is 0 Å². The topological polar surface area (TPSA) is 80.9 Å². The van der Waals surface area contributed by atoms with Crippen LogP contribution in [0.4, 0.5) is 0 Å². The molecule has 0 aromatic heterocycles. The van der Waals surface area contributed by atoms with Gasteiger partial charge in [0.05, 0.1) is 0 Å². The van der Waals surface area contributed by atoms with Crippen LogP contribution in [-0.4, -0.2) is 20.4 Å². The highest BCUT2D eigenvalue weighted by atomic mass is 16.3. The predicted octanol–water partition coefficient (Wildman–Crippen LogP) is 3.03. The summed E-state index contributed by atoms with van der Waals surface area (Å²) in [5.41, 5.74) is 3.93. The Morgan fingerprint density at radius 2 is 1.45 bits per heavy atom. The first kappa shape index (κ1) is 14.1. The summed E-state index contributed by atoms with van der Waals surface area (Å²) in [5, 5.41) is 38.9. The molecule has 2 aromatic carbocycles. The van der Waals surface area contributed by atoms with E-state index in [0.717, 1.165) is 16.7 Å². The lowest BCUT2D eigenvalue weighted by Gasteiger charge is -2.15. The van der Waals surface area contributed by atoms with Crippen LogP contribution in [0.15, 0.2) is 18.2 Å². The van der Waals surface area contributed by atoms with Crippen LogP contribution in [0.25, 0.3) is 0 Å². The van der Waals surface area contributed by atoms with Gasteiger partial charge in [0, 0.05) is 17.5 Å². The molecule has 0 aliphatic carbocycles. The van der Waals surface area contributed by atoms with E-state index in [1.165, 1.54) is 12.1 Å². The van der Waals surface area contributed by atoms with E-state index in [9.17, 15) is 20.4 Å². The molecule has 0 aliphatic heterocycles. The highest BCUT2D eigenvalue weighted by Gasteiger charge is 2.16. The third-order valence-corrected chi connectivity index (χ3v) is 3.72. The van der Waals surface area contributed by atoms with Crippen LogP contribution in [0.2, 0.25) is 0 Å². The summed E-state index contributed by atoms with van der Waals surface area (Å²) in [6.07, 6.45) is 0.278. The first-order valence-corrected chi connectivity index (χ1v) is 6.34. The summed E-state index contributed by atoms with van der Waals surface area (Å²) in [7, 11) is 0. The highest BCUT2D eigenvalue weighted by molar-refractivity contribution is 5.57. The first-order valence-electron chi connectivity index (χ1n) is 6.34. The molecule has 0 unspecified atom stereocenters. The standard InChI is InChI=1S/C16H18O4/c1-8-6-9(2)14(18)12(10(8)3)7-11-4-5-13(17)16(20)15(11)19/h4-6,17-20H,7H2,1-3H3. The van der Waals surface area contributed by atoms with Gasteiger partial charge in [0.2, 0.25) is 5.75 Å². The fourth-order valence-corrected chi connectivity index (χ4v) is 2.32. The van der Waals surface area contributed by atoms with E-state index >= 15 is 0 Å². The van der Waals surface area contributed by atoms with Gasteiger partial charge in [-0.1, -0.05) is 12.1 Å². The van der Waals surface area contributed by atoms with Gasteiger partial charge in [0.1, 0.15) is 5.75 Å². The Bertz CT molecular complexity index is 649. The van der Waals surface area contributed by atoms with Gasteiger partial charge < -0.3 is 20.4 Å². The number of hydrogen-bond acceptors (Lipinski definition) is 4. The monoisotopic (exact) mass is 274 g/mol. The molecule has 20 heavy (non-hydrogen) atoms. The van der Waals surface area contributed by atoms with Crippen LogP contribution in [0.1, 0.15) is 27.8 Å². The molecule has 4 heteroatoms. The van der Waals surface area contributed by atoms with Crippen molar-refractivity contribution in [1.82, 2.24) is 0 Å². The van der Waals surface area contributed by atoms with E-state index in [-0.39, 0.29) is 23.7 Å². The molecule has 0 aliphatic rings. The molecule has 0 radical (unpaired) electrons. The van der Waals surface area contributed by atoms with E-state index in [0.29, 0.717) is 11.1 Å². The maximum Gasteiger partial charge on any atom is 0.200 e. The van der Waals surface area contributed by atoms with Gasteiger partial charge in [-0.2, -0.15) is 0 Å². The van der Waals surface area contributed by atoms with Crippen molar-refractivity contribution in [3.8, 4) is 23.0 Å². The van der Waals surface area contributed by atoms with Gasteiger partial charge in [-0.25, -0.2) is 0 Å². The zero-order valence-corrected chi connectivity index (χ0v) is 11.7. The molecular weight excluding hydrogens is 256 g/mol. The fourth-order valence-electron chi connectivity index (χ4n) is 2.32. The Kier molecular flexibility index (Phi) is 3.49. The lowest BCUT2D eigenvalue weighted by Crippen LogP contribution is -1.98. The smallest absolute Gasteiger partial charge is 0.200 e. The normalized spacial score (nSPS) is 10.8. The summed E-state index contributed by atoms with van der Waals surface area (Å²) in [5.74, 6) is -1.07. The summed E-state index contributed by atoms with van der Waals surface area (Å²) in [4.78, 5) is 0. The van der Waals surface area contributed by atoms with E-state index in [2.05, 4.69) is 0 Å². The average Bonchev–Trinajstić information content (AvgIpc) is 2.41. The van der Waals surface area contributed by atoms with Crippen molar-refractivity contribution in [3.05, 3.63) is 46.0 Å². The molecule has 0 fully saturated rings. The Morgan fingerprint density at radius 3 is 2.10 bits per heavy atom. The van der Waals surface area contributed by atoms with Gasteiger partial charge in [0.25, 0.3) is 0 Å². The molecule has 0 heterocycles. The van der Waals surface area contributed by atoms with E-state index < -0.39 is 5.75 Å². The number of aromatic hydroxyl groups is 4. The van der Waals surface area contributed by atoms with Crippen LogP contribution < -0.4 is 0 Å². The minimum absolute atomic E-state index is 0.195. The van der Waals surface area contributed by atoms with Crippen molar-refractivity contribution in [2.75, 3.05) is 0 Å². The minimum Gasteiger partial charge on any atom is -0.507 e. The summed E-state index contributed by atoms with van der Waals surface area (Å²) >= 11 is 0. The van der Waals surface area contributed by atoms with Crippen LogP contribution in [-0.2, 0) is 6.42 Å². The fraction of sp³-hybridized carbons (Fsp3) is 0.250. The second-order valence-electron chi connectivity index (χ2n) is 5.08. The number of aryl methyl sites for hydroxylation is 2. The summed E-state index contributed by atoms with van der Waals surface area (Å²) in [6.45, 7) is 5.68. The molecule has 0 saturated carbocycles. The Labute approximate surface area is 117 Å². The van der Waals surface area contributed by atoms with Crippen molar-refractivity contribution >= 4 is 0 Å². The predicted molar refractivity (Wildman–Crippen MR) is 76.6 cm³/mol. The number of phenols is 4. The zero-order valence-electron chi connectivity index (χ0n) is 11.7. The molecule has 0 bridgehead atoms. The molecule has 0 atom stereocenters. The highest BCUT2D eigenvalue weighted by Crippen LogP contribution is 2.39. The molecule has 4 N–H and O–H groups in total. The second kappa shape index (κ2) is 4.96. The molecule has 4 nitrogen and oxygen atoms in total. The van der Waals surface area contributed by atoms with E-state index in [1.807, 2.05) is 26.8 Å². The third-order valence-electron chi connectivity index (χ3n) is 3.72. The van der Waals surface area contributed by atoms with Gasteiger partial charge >= 0.3 is 0 Å². The summed E-state index contributed by atoms with van der Waals surface area (Å²) < 4.78 is 0. The molecular formula is C16H18O4. The van der Waals surface area contributed by atoms with Gasteiger partial charge in [-0.3, -0.25) is 0 Å². The maximum atomic E-state index is 10.2. The molecule has 106 valence electrons. The maximum absolute atomic E-state index is 10.2. The van der Waals surface area contributed by atoms with Crippen LogP contribution in [0.5, 0.6) is 23.0 Å². The van der Waals surface area contributed by atoms with E-state index in [1.54, 1.807) is 0 Å². The molecule has 0 spiro atoms. The van der Waals surface area contributed by atoms with Crippen LogP contribution >= 0.6 is 0 Å². The molecule has 2 aromatic rings. The Balaban J connectivity index is 2.54.